The van der Waals surface area contributed by atoms with Gasteiger partial charge in [-0.25, -0.2) is 13.6 Å². The number of piperidine rings is 1. The number of alkyl halides is 2. The molecule has 0 N–H and O–H groups in total. The summed E-state index contributed by atoms with van der Waals surface area (Å²) in [6.45, 7) is 7.03. The molecule has 2 atom stereocenters. The van der Waals surface area contributed by atoms with Crippen LogP contribution in [0.4, 0.5) is 13.6 Å². The van der Waals surface area contributed by atoms with Crippen molar-refractivity contribution in [1.82, 2.24) is 4.90 Å². The molecule has 2 rings (SSSR count). The van der Waals surface area contributed by atoms with Gasteiger partial charge in [-0.2, -0.15) is 8.42 Å². The summed E-state index contributed by atoms with van der Waals surface area (Å²) in [4.78, 5) is 12.8. The number of carbonyl (C=O) groups is 1. The van der Waals surface area contributed by atoms with Crippen molar-refractivity contribution in [3.8, 4) is 0 Å². The molecule has 1 heterocycles. The van der Waals surface area contributed by atoms with Gasteiger partial charge in [-0.1, -0.05) is 24.6 Å². The van der Waals surface area contributed by atoms with Crippen molar-refractivity contribution >= 4 is 16.2 Å². The number of carbonyl (C=O) groups excluding carboxylic acids is 1. The van der Waals surface area contributed by atoms with Gasteiger partial charge in [-0.3, -0.25) is 4.18 Å². The molecule has 6 nitrogen and oxygen atoms in total. The Morgan fingerprint density at radius 2 is 1.78 bits per heavy atom. The molecule has 1 aliphatic rings. The first-order valence-corrected chi connectivity index (χ1v) is 9.98. The molecule has 0 aromatic heterocycles. The average Bonchev–Trinajstić information content (AvgIpc) is 2.49. The minimum atomic E-state index is -4.36. The summed E-state index contributed by atoms with van der Waals surface area (Å²) in [5.41, 5.74) is 0.0101. The summed E-state index contributed by atoms with van der Waals surface area (Å²) in [5, 5.41) is 0. The molecule has 1 saturated heterocycles. The monoisotopic (exact) mass is 405 g/mol. The van der Waals surface area contributed by atoms with E-state index in [1.165, 1.54) is 19.1 Å². The van der Waals surface area contributed by atoms with Crippen LogP contribution in [0, 0.1) is 12.8 Å². The van der Waals surface area contributed by atoms with Gasteiger partial charge in [0.25, 0.3) is 16.0 Å². The zero-order valence-electron chi connectivity index (χ0n) is 16.0. The van der Waals surface area contributed by atoms with Crippen LogP contribution in [0.3, 0.4) is 0 Å². The summed E-state index contributed by atoms with van der Waals surface area (Å²) in [6.07, 6.45) is -2.74. The van der Waals surface area contributed by atoms with Crippen LogP contribution >= 0.6 is 0 Å². The molecule has 0 bridgehead atoms. The van der Waals surface area contributed by atoms with E-state index in [4.69, 9.17) is 8.92 Å². The molecule has 0 unspecified atom stereocenters. The number of hydrogen-bond acceptors (Lipinski definition) is 5. The highest BCUT2D eigenvalue weighted by Crippen LogP contribution is 2.36. The van der Waals surface area contributed by atoms with Crippen molar-refractivity contribution in [2.75, 3.05) is 13.1 Å². The van der Waals surface area contributed by atoms with Crippen LogP contribution in [0.5, 0.6) is 0 Å². The number of halogens is 2. The third kappa shape index (κ3) is 5.38. The standard InChI is InChI=1S/C18H25F2NO5S/c1-12-6-8-14(9-7-12)27(23,24)26-15-13(2)10-21(11-18(15,19)20)16(22)25-17(3,4)5/h6-9,13,15H,10-11H2,1-5H3/t13-,15+/m0/s1. The van der Waals surface area contributed by atoms with Gasteiger partial charge in [0.15, 0.2) is 0 Å². The second-order valence-electron chi connectivity index (χ2n) is 7.88. The van der Waals surface area contributed by atoms with E-state index in [-0.39, 0.29) is 11.4 Å². The number of amides is 1. The topological polar surface area (TPSA) is 72.9 Å². The highest BCUT2D eigenvalue weighted by atomic mass is 32.2. The second kappa shape index (κ2) is 7.35. The summed E-state index contributed by atoms with van der Waals surface area (Å²) in [7, 11) is -4.36. The van der Waals surface area contributed by atoms with Crippen LogP contribution in [-0.2, 0) is 19.0 Å². The maximum Gasteiger partial charge on any atom is 0.410 e. The Balaban J connectivity index is 2.17. The van der Waals surface area contributed by atoms with E-state index in [1.54, 1.807) is 39.8 Å². The maximum absolute atomic E-state index is 14.6. The summed E-state index contributed by atoms with van der Waals surface area (Å²) >= 11 is 0. The number of likely N-dealkylation sites (tertiary alicyclic amines) is 1. The van der Waals surface area contributed by atoms with Crippen molar-refractivity contribution in [2.24, 2.45) is 5.92 Å². The summed E-state index contributed by atoms with van der Waals surface area (Å²) in [5.74, 6) is -4.46. The first-order chi connectivity index (χ1) is 12.2. The van der Waals surface area contributed by atoms with Crippen LogP contribution < -0.4 is 0 Å². The molecular formula is C18H25F2NO5S. The lowest BCUT2D eigenvalue weighted by molar-refractivity contribution is -0.155. The molecule has 0 spiro atoms. The molecule has 0 radical (unpaired) electrons. The van der Waals surface area contributed by atoms with Gasteiger partial charge in [0.05, 0.1) is 11.4 Å². The van der Waals surface area contributed by atoms with E-state index in [0.29, 0.717) is 0 Å². The molecule has 0 saturated carbocycles. The van der Waals surface area contributed by atoms with Crippen LogP contribution in [0.15, 0.2) is 29.2 Å². The van der Waals surface area contributed by atoms with Gasteiger partial charge >= 0.3 is 6.09 Å². The maximum atomic E-state index is 14.6. The molecule has 1 aromatic rings. The van der Waals surface area contributed by atoms with Gasteiger partial charge in [-0.15, -0.1) is 0 Å². The first kappa shape index (κ1) is 21.6. The lowest BCUT2D eigenvalue weighted by atomic mass is 9.94. The van der Waals surface area contributed by atoms with Crippen LogP contribution in [0.1, 0.15) is 33.3 Å². The summed E-state index contributed by atoms with van der Waals surface area (Å²) in [6, 6.07) is 5.73. The smallest absolute Gasteiger partial charge is 0.410 e. The van der Waals surface area contributed by atoms with Gasteiger partial charge in [0, 0.05) is 12.5 Å². The normalized spacial score (nSPS) is 23.1. The third-order valence-corrected chi connectivity index (χ3v) is 5.35. The Bertz CT molecular complexity index is 787. The number of benzene rings is 1. The van der Waals surface area contributed by atoms with Crippen LogP contribution in [0.25, 0.3) is 0 Å². The second-order valence-corrected chi connectivity index (χ2v) is 9.46. The average molecular weight is 405 g/mol. The van der Waals surface area contributed by atoms with Gasteiger partial charge in [-0.05, 0) is 39.8 Å². The fraction of sp³-hybridized carbons (Fsp3) is 0.611. The first-order valence-electron chi connectivity index (χ1n) is 8.57. The number of ether oxygens (including phenoxy) is 1. The van der Waals surface area contributed by atoms with Gasteiger partial charge in [0.2, 0.25) is 0 Å². The van der Waals surface area contributed by atoms with E-state index < -0.39 is 46.3 Å². The fourth-order valence-electron chi connectivity index (χ4n) is 2.80. The molecule has 9 heteroatoms. The molecule has 152 valence electrons. The summed E-state index contributed by atoms with van der Waals surface area (Å²) < 4.78 is 64.1. The van der Waals surface area contributed by atoms with Crippen molar-refractivity contribution in [3.05, 3.63) is 29.8 Å². The predicted octanol–water partition coefficient (Wildman–Crippen LogP) is 3.59. The van der Waals surface area contributed by atoms with Gasteiger partial charge < -0.3 is 9.64 Å². The zero-order chi connectivity index (χ0) is 20.6. The van der Waals surface area contributed by atoms with E-state index >= 15 is 0 Å². The van der Waals surface area contributed by atoms with E-state index in [9.17, 15) is 22.0 Å². The largest absolute Gasteiger partial charge is 0.444 e. The Kier molecular flexibility index (Phi) is 5.87. The van der Waals surface area contributed by atoms with Crippen molar-refractivity contribution < 1.29 is 30.9 Å². The minimum Gasteiger partial charge on any atom is -0.444 e. The minimum absolute atomic E-state index is 0.0986. The van der Waals surface area contributed by atoms with Crippen LogP contribution in [-0.4, -0.2) is 50.1 Å². The molecule has 1 fully saturated rings. The molecule has 27 heavy (non-hydrogen) atoms. The Labute approximate surface area is 158 Å². The highest BCUT2D eigenvalue weighted by Gasteiger charge is 2.53. The molecule has 1 aromatic carbocycles. The fourth-order valence-corrected chi connectivity index (χ4v) is 3.98. The molecule has 1 aliphatic heterocycles. The molecule has 1 amide bonds. The van der Waals surface area contributed by atoms with E-state index in [1.807, 2.05) is 0 Å². The highest BCUT2D eigenvalue weighted by molar-refractivity contribution is 7.86. The number of aryl methyl sites for hydroxylation is 1. The molecular weight excluding hydrogens is 380 g/mol. The lowest BCUT2D eigenvalue weighted by Crippen LogP contribution is -2.59. The van der Waals surface area contributed by atoms with Crippen LogP contribution in [0.2, 0.25) is 0 Å². The Morgan fingerprint density at radius 1 is 1.22 bits per heavy atom. The lowest BCUT2D eigenvalue weighted by Gasteiger charge is -2.41. The predicted molar refractivity (Wildman–Crippen MR) is 95.2 cm³/mol. The number of nitrogens with zero attached hydrogens (tertiary/aromatic N) is 1. The van der Waals surface area contributed by atoms with E-state index in [0.717, 1.165) is 10.5 Å². The SMILES string of the molecule is Cc1ccc(S(=O)(=O)O[C@@H]2[C@@H](C)CN(C(=O)OC(C)(C)C)CC2(F)F)cc1. The number of rotatable bonds is 3. The quantitative estimate of drug-likeness (QED) is 0.719. The van der Waals surface area contributed by atoms with E-state index in [2.05, 4.69) is 0 Å². The van der Waals surface area contributed by atoms with Crippen molar-refractivity contribution in [1.29, 1.82) is 0 Å². The Hall–Kier alpha value is -1.74. The number of hydrogen-bond donors (Lipinski definition) is 0. The van der Waals surface area contributed by atoms with Crippen molar-refractivity contribution in [2.45, 2.75) is 57.1 Å². The van der Waals surface area contributed by atoms with Gasteiger partial charge in [0.1, 0.15) is 11.7 Å². The third-order valence-electron chi connectivity index (χ3n) is 4.03. The Morgan fingerprint density at radius 3 is 2.26 bits per heavy atom. The zero-order valence-corrected chi connectivity index (χ0v) is 16.8. The van der Waals surface area contributed by atoms with Crippen molar-refractivity contribution in [3.63, 3.8) is 0 Å². The molecule has 0 aliphatic carbocycles.